The highest BCUT2D eigenvalue weighted by Gasteiger charge is 2.24. The predicted molar refractivity (Wildman–Crippen MR) is 87.9 cm³/mol. The number of amides is 1. The van der Waals surface area contributed by atoms with E-state index in [4.69, 9.17) is 16.3 Å². The molecule has 9 heteroatoms. The van der Waals surface area contributed by atoms with E-state index in [0.717, 1.165) is 10.6 Å². The Balaban J connectivity index is 2.87. The molecular formula is C14H19ClN2O5S. The maximum absolute atomic E-state index is 11.9. The second kappa shape index (κ2) is 8.16. The van der Waals surface area contributed by atoms with Gasteiger partial charge in [0.05, 0.1) is 11.9 Å². The lowest BCUT2D eigenvalue weighted by atomic mass is 10.3. The summed E-state index contributed by atoms with van der Waals surface area (Å²) in [5, 5.41) is 2.84. The zero-order valence-electron chi connectivity index (χ0n) is 13.1. The summed E-state index contributed by atoms with van der Waals surface area (Å²) in [5.74, 6) is -1.29. The third-order valence-corrected chi connectivity index (χ3v) is 4.17. The lowest BCUT2D eigenvalue weighted by Crippen LogP contribution is -2.40. The lowest BCUT2D eigenvalue weighted by Gasteiger charge is -2.22. The summed E-state index contributed by atoms with van der Waals surface area (Å²) in [5.41, 5.74) is 0.239. The first kappa shape index (κ1) is 19.2. The van der Waals surface area contributed by atoms with Crippen molar-refractivity contribution in [3.8, 4) is 0 Å². The third-order valence-electron chi connectivity index (χ3n) is 2.80. The Kier molecular flexibility index (Phi) is 6.83. The number of rotatable bonds is 7. The normalized spacial score (nSPS) is 12.3. The van der Waals surface area contributed by atoms with Crippen molar-refractivity contribution in [1.82, 2.24) is 5.32 Å². The molecule has 0 heterocycles. The Morgan fingerprint density at radius 3 is 2.57 bits per heavy atom. The van der Waals surface area contributed by atoms with Gasteiger partial charge < -0.3 is 10.1 Å². The van der Waals surface area contributed by atoms with Crippen LogP contribution in [0.5, 0.6) is 0 Å². The number of carbonyl (C=O) groups is 2. The Morgan fingerprint density at radius 1 is 1.39 bits per heavy atom. The number of halogens is 1. The summed E-state index contributed by atoms with van der Waals surface area (Å²) in [7, 11) is -3.72. The van der Waals surface area contributed by atoms with Crippen LogP contribution in [0.3, 0.4) is 0 Å². The van der Waals surface area contributed by atoms with Crippen LogP contribution in [0.25, 0.3) is 0 Å². The number of nitrogens with one attached hydrogen (secondary N) is 1. The molecule has 0 radical (unpaired) electrons. The number of hydrogen-bond donors (Lipinski definition) is 1. The highest BCUT2D eigenvalue weighted by atomic mass is 35.5. The number of nitrogens with zero attached hydrogens (tertiary/aromatic N) is 1. The number of hydrogen-bond acceptors (Lipinski definition) is 5. The fourth-order valence-corrected chi connectivity index (χ4v) is 2.78. The van der Waals surface area contributed by atoms with Crippen LogP contribution in [0, 0.1) is 0 Å². The van der Waals surface area contributed by atoms with Crippen molar-refractivity contribution in [3.63, 3.8) is 0 Å². The van der Waals surface area contributed by atoms with Gasteiger partial charge in [-0.3, -0.25) is 13.9 Å². The number of carbonyl (C=O) groups excluding carboxylic acids is 2. The van der Waals surface area contributed by atoms with Gasteiger partial charge in [0.1, 0.15) is 6.54 Å². The molecule has 1 rings (SSSR count). The van der Waals surface area contributed by atoms with Crippen molar-refractivity contribution in [1.29, 1.82) is 0 Å². The van der Waals surface area contributed by atoms with E-state index in [0.29, 0.717) is 11.6 Å². The molecule has 0 saturated heterocycles. The van der Waals surface area contributed by atoms with Crippen molar-refractivity contribution in [2.45, 2.75) is 20.0 Å². The molecule has 0 bridgehead atoms. The maximum Gasteiger partial charge on any atom is 0.327 e. The Hall–Kier alpha value is -1.80. The fourth-order valence-electron chi connectivity index (χ4n) is 1.75. The van der Waals surface area contributed by atoms with E-state index in [1.54, 1.807) is 19.1 Å². The Labute approximate surface area is 140 Å². The molecular weight excluding hydrogens is 344 g/mol. The van der Waals surface area contributed by atoms with Gasteiger partial charge >= 0.3 is 5.97 Å². The van der Waals surface area contributed by atoms with E-state index < -0.39 is 34.5 Å². The molecule has 1 amide bonds. The number of likely N-dealkylation sites (N-methyl/N-ethyl adjacent to an activating group) is 1. The van der Waals surface area contributed by atoms with Gasteiger partial charge in [-0.2, -0.15) is 0 Å². The largest absolute Gasteiger partial charge is 0.451 e. The second-order valence-corrected chi connectivity index (χ2v) is 7.12. The van der Waals surface area contributed by atoms with Crippen LogP contribution in [-0.2, 0) is 24.3 Å². The molecule has 0 aliphatic carbocycles. The Morgan fingerprint density at radius 2 is 2.04 bits per heavy atom. The predicted octanol–water partition coefficient (Wildman–Crippen LogP) is 1.17. The molecule has 1 N–H and O–H groups in total. The zero-order valence-corrected chi connectivity index (χ0v) is 14.6. The van der Waals surface area contributed by atoms with Gasteiger partial charge in [-0.05, 0) is 32.0 Å². The van der Waals surface area contributed by atoms with Crippen LogP contribution in [0.2, 0.25) is 5.02 Å². The van der Waals surface area contributed by atoms with Crippen LogP contribution in [-0.4, -0.2) is 45.7 Å². The summed E-state index contributed by atoms with van der Waals surface area (Å²) >= 11 is 5.85. The standard InChI is InChI=1S/C14H19ClN2O5S/c1-4-16-14(19)10(2)22-13(18)9-17(23(3,20)21)12-7-5-6-11(15)8-12/h5-8,10H,4,9H2,1-3H3,(H,16,19)/t10-/m0/s1. The summed E-state index contributed by atoms with van der Waals surface area (Å²) in [6, 6.07) is 6.08. The van der Waals surface area contributed by atoms with Gasteiger partial charge in [-0.1, -0.05) is 17.7 Å². The van der Waals surface area contributed by atoms with Crippen molar-refractivity contribution >= 4 is 39.2 Å². The molecule has 0 fully saturated rings. The molecule has 1 atom stereocenters. The maximum atomic E-state index is 11.9. The topological polar surface area (TPSA) is 92.8 Å². The second-order valence-electron chi connectivity index (χ2n) is 4.78. The molecule has 1 aromatic rings. The highest BCUT2D eigenvalue weighted by molar-refractivity contribution is 7.92. The first-order valence-corrected chi connectivity index (χ1v) is 9.08. The van der Waals surface area contributed by atoms with E-state index >= 15 is 0 Å². The Bertz CT molecular complexity index is 678. The van der Waals surface area contributed by atoms with E-state index in [2.05, 4.69) is 5.32 Å². The average molecular weight is 363 g/mol. The van der Waals surface area contributed by atoms with Gasteiger partial charge in [-0.15, -0.1) is 0 Å². The molecule has 23 heavy (non-hydrogen) atoms. The number of sulfonamides is 1. The van der Waals surface area contributed by atoms with Crippen LogP contribution in [0.1, 0.15) is 13.8 Å². The fraction of sp³-hybridized carbons (Fsp3) is 0.429. The number of anilines is 1. The van der Waals surface area contributed by atoms with Gasteiger partial charge in [0.25, 0.3) is 5.91 Å². The first-order chi connectivity index (χ1) is 10.6. The van der Waals surface area contributed by atoms with Crippen LogP contribution < -0.4 is 9.62 Å². The van der Waals surface area contributed by atoms with Gasteiger partial charge in [0, 0.05) is 11.6 Å². The third kappa shape index (κ3) is 6.07. The van der Waals surface area contributed by atoms with Gasteiger partial charge in [0.15, 0.2) is 6.10 Å². The average Bonchev–Trinajstić information content (AvgIpc) is 2.43. The summed E-state index contributed by atoms with van der Waals surface area (Å²) in [6.45, 7) is 2.99. The lowest BCUT2D eigenvalue weighted by molar-refractivity contribution is -0.153. The SMILES string of the molecule is CCNC(=O)[C@H](C)OC(=O)CN(c1cccc(Cl)c1)S(C)(=O)=O. The minimum Gasteiger partial charge on any atom is -0.451 e. The summed E-state index contributed by atoms with van der Waals surface area (Å²) in [6.07, 6.45) is -0.0442. The van der Waals surface area contributed by atoms with Crippen molar-refractivity contribution < 1.29 is 22.7 Å². The monoisotopic (exact) mass is 362 g/mol. The number of ether oxygens (including phenoxy) is 1. The van der Waals surface area contributed by atoms with Crippen LogP contribution >= 0.6 is 11.6 Å². The van der Waals surface area contributed by atoms with Gasteiger partial charge in [0.2, 0.25) is 10.0 Å². The molecule has 0 aliphatic rings. The molecule has 0 aliphatic heterocycles. The summed E-state index contributed by atoms with van der Waals surface area (Å²) < 4.78 is 29.6. The molecule has 0 spiro atoms. The zero-order chi connectivity index (χ0) is 17.6. The molecule has 0 unspecified atom stereocenters. The van der Waals surface area contributed by atoms with Crippen molar-refractivity contribution in [2.24, 2.45) is 0 Å². The molecule has 128 valence electrons. The van der Waals surface area contributed by atoms with Crippen LogP contribution in [0.15, 0.2) is 24.3 Å². The smallest absolute Gasteiger partial charge is 0.327 e. The quantitative estimate of drug-likeness (QED) is 0.735. The molecule has 0 saturated carbocycles. The number of benzene rings is 1. The molecule has 0 aromatic heterocycles. The summed E-state index contributed by atoms with van der Waals surface area (Å²) in [4.78, 5) is 23.5. The van der Waals surface area contributed by atoms with E-state index in [1.807, 2.05) is 0 Å². The molecule has 7 nitrogen and oxygen atoms in total. The van der Waals surface area contributed by atoms with Gasteiger partial charge in [-0.25, -0.2) is 8.42 Å². The molecule has 1 aromatic carbocycles. The first-order valence-electron chi connectivity index (χ1n) is 6.85. The minimum absolute atomic E-state index is 0.239. The highest BCUT2D eigenvalue weighted by Crippen LogP contribution is 2.21. The van der Waals surface area contributed by atoms with E-state index in [-0.39, 0.29) is 5.69 Å². The van der Waals surface area contributed by atoms with Crippen LogP contribution in [0.4, 0.5) is 5.69 Å². The van der Waals surface area contributed by atoms with E-state index in [1.165, 1.54) is 19.1 Å². The van der Waals surface area contributed by atoms with Crippen molar-refractivity contribution in [2.75, 3.05) is 23.7 Å². The minimum atomic E-state index is -3.72. The van der Waals surface area contributed by atoms with Crippen molar-refractivity contribution in [3.05, 3.63) is 29.3 Å². The number of esters is 1. The van der Waals surface area contributed by atoms with E-state index in [9.17, 15) is 18.0 Å².